The molecule has 0 aliphatic heterocycles. The Morgan fingerprint density at radius 1 is 1.13 bits per heavy atom. The highest BCUT2D eigenvalue weighted by Gasteiger charge is 2.09. The van der Waals surface area contributed by atoms with Crippen LogP contribution in [0.25, 0.3) is 6.08 Å². The maximum atomic E-state index is 7.82. The summed E-state index contributed by atoms with van der Waals surface area (Å²) in [6, 6.07) is 18.5. The molecule has 3 heteroatoms. The smallest absolute Gasteiger partial charge is 0.193 e. The summed E-state index contributed by atoms with van der Waals surface area (Å²) in [7, 11) is 0. The number of hydrogen-bond acceptors (Lipinski definition) is 1. The van der Waals surface area contributed by atoms with Crippen LogP contribution in [0.3, 0.4) is 0 Å². The number of anilines is 1. The van der Waals surface area contributed by atoms with Crippen molar-refractivity contribution in [2.45, 2.75) is 26.2 Å². The van der Waals surface area contributed by atoms with E-state index < -0.39 is 0 Å². The molecule has 120 valence electrons. The summed E-state index contributed by atoms with van der Waals surface area (Å²) in [6.07, 6.45) is 5.19. The molecule has 0 saturated carbocycles. The quantitative estimate of drug-likeness (QED) is 0.604. The summed E-state index contributed by atoms with van der Waals surface area (Å²) in [4.78, 5) is 1.79. The molecule has 0 radical (unpaired) electrons. The maximum Gasteiger partial charge on any atom is 0.193 e. The Bertz CT molecular complexity index is 644. The Morgan fingerprint density at radius 2 is 1.78 bits per heavy atom. The molecule has 0 bridgehead atoms. The zero-order valence-corrected chi connectivity index (χ0v) is 13.9. The lowest BCUT2D eigenvalue weighted by Gasteiger charge is -2.22. The van der Waals surface area contributed by atoms with Crippen molar-refractivity contribution in [1.82, 2.24) is 0 Å². The molecule has 0 heterocycles. The fraction of sp³-hybridized carbons (Fsp3) is 0.250. The molecule has 23 heavy (non-hydrogen) atoms. The zero-order chi connectivity index (χ0) is 16.7. The van der Waals surface area contributed by atoms with E-state index in [-0.39, 0.29) is 5.96 Å². The van der Waals surface area contributed by atoms with Crippen LogP contribution < -0.4 is 10.6 Å². The van der Waals surface area contributed by atoms with Crippen molar-refractivity contribution in [1.29, 1.82) is 5.41 Å². The molecule has 1 unspecified atom stereocenters. The Hall–Kier alpha value is -2.55. The van der Waals surface area contributed by atoms with Gasteiger partial charge in [0.05, 0.1) is 0 Å². The van der Waals surface area contributed by atoms with Crippen LogP contribution in [0.4, 0.5) is 5.69 Å². The topological polar surface area (TPSA) is 53.1 Å². The van der Waals surface area contributed by atoms with Gasteiger partial charge in [0.15, 0.2) is 5.96 Å². The third-order valence-electron chi connectivity index (χ3n) is 4.07. The SMILES string of the molecule is CCC(C)c1ccc(N(C/C=C/c2ccccc2)C(=N)N)cc1. The highest BCUT2D eigenvalue weighted by Crippen LogP contribution is 2.22. The molecule has 0 fully saturated rings. The van der Waals surface area contributed by atoms with Crippen LogP contribution in [0.1, 0.15) is 37.3 Å². The van der Waals surface area contributed by atoms with Gasteiger partial charge in [0.2, 0.25) is 0 Å². The molecule has 0 aliphatic rings. The first-order valence-corrected chi connectivity index (χ1v) is 8.05. The van der Waals surface area contributed by atoms with Gasteiger partial charge in [-0.3, -0.25) is 5.41 Å². The van der Waals surface area contributed by atoms with Gasteiger partial charge in [-0.25, -0.2) is 0 Å². The molecular formula is C20H25N3. The Labute approximate surface area is 139 Å². The highest BCUT2D eigenvalue weighted by atomic mass is 15.2. The fourth-order valence-corrected chi connectivity index (χ4v) is 2.42. The average molecular weight is 307 g/mol. The second-order valence-electron chi connectivity index (χ2n) is 5.71. The lowest BCUT2D eigenvalue weighted by atomic mass is 9.98. The monoisotopic (exact) mass is 307 g/mol. The van der Waals surface area contributed by atoms with Crippen molar-refractivity contribution in [3.63, 3.8) is 0 Å². The lowest BCUT2D eigenvalue weighted by Crippen LogP contribution is -2.36. The van der Waals surface area contributed by atoms with Crippen LogP contribution in [-0.4, -0.2) is 12.5 Å². The standard InChI is InChI=1S/C20H25N3/c1-3-16(2)18-11-13-19(14-12-18)23(20(21)22)15-7-10-17-8-5-4-6-9-17/h4-14,16H,3,15H2,1-2H3,(H3,21,22)/b10-7+. The fourth-order valence-electron chi connectivity index (χ4n) is 2.42. The molecule has 3 nitrogen and oxygen atoms in total. The van der Waals surface area contributed by atoms with E-state index in [1.807, 2.05) is 42.5 Å². The summed E-state index contributed by atoms with van der Waals surface area (Å²) in [5, 5.41) is 7.82. The van der Waals surface area contributed by atoms with Crippen LogP contribution in [0, 0.1) is 5.41 Å². The van der Waals surface area contributed by atoms with Gasteiger partial charge < -0.3 is 10.6 Å². The van der Waals surface area contributed by atoms with E-state index in [9.17, 15) is 0 Å². The lowest BCUT2D eigenvalue weighted by molar-refractivity contribution is 0.733. The molecule has 0 saturated heterocycles. The maximum absolute atomic E-state index is 7.82. The highest BCUT2D eigenvalue weighted by molar-refractivity contribution is 5.92. The largest absolute Gasteiger partial charge is 0.370 e. The van der Waals surface area contributed by atoms with Gasteiger partial charge in [-0.15, -0.1) is 0 Å². The molecule has 0 aliphatic carbocycles. The van der Waals surface area contributed by atoms with Gasteiger partial charge >= 0.3 is 0 Å². The molecule has 1 atom stereocenters. The van der Waals surface area contributed by atoms with Crippen molar-refractivity contribution in [2.75, 3.05) is 11.4 Å². The first-order chi connectivity index (χ1) is 11.1. The van der Waals surface area contributed by atoms with Crippen molar-refractivity contribution >= 4 is 17.7 Å². The van der Waals surface area contributed by atoms with Crippen LogP contribution in [0.15, 0.2) is 60.7 Å². The van der Waals surface area contributed by atoms with Gasteiger partial charge in [-0.2, -0.15) is 0 Å². The van der Waals surface area contributed by atoms with Gasteiger partial charge in [-0.1, -0.05) is 68.5 Å². The summed E-state index contributed by atoms with van der Waals surface area (Å²) in [5.41, 5.74) is 9.15. The minimum Gasteiger partial charge on any atom is -0.370 e. The van der Waals surface area contributed by atoms with E-state index in [4.69, 9.17) is 11.1 Å². The molecule has 0 amide bonds. The average Bonchev–Trinajstić information content (AvgIpc) is 2.59. The molecule has 0 aromatic heterocycles. The van der Waals surface area contributed by atoms with E-state index >= 15 is 0 Å². The van der Waals surface area contributed by atoms with E-state index in [1.54, 1.807) is 4.90 Å². The predicted octanol–water partition coefficient (Wildman–Crippen LogP) is 4.61. The Morgan fingerprint density at radius 3 is 2.35 bits per heavy atom. The summed E-state index contributed by atoms with van der Waals surface area (Å²) < 4.78 is 0. The first kappa shape index (κ1) is 16.8. The Balaban J connectivity index is 2.09. The number of hydrogen-bond donors (Lipinski definition) is 2. The number of guanidine groups is 1. The van der Waals surface area contributed by atoms with E-state index in [0.29, 0.717) is 12.5 Å². The van der Waals surface area contributed by atoms with Crippen molar-refractivity contribution < 1.29 is 0 Å². The molecule has 2 rings (SSSR count). The minimum absolute atomic E-state index is 0.0546. The first-order valence-electron chi connectivity index (χ1n) is 8.05. The second-order valence-corrected chi connectivity index (χ2v) is 5.71. The third-order valence-corrected chi connectivity index (χ3v) is 4.07. The van der Waals surface area contributed by atoms with Gasteiger partial charge in [-0.05, 0) is 35.6 Å². The normalized spacial score (nSPS) is 12.3. The molecule has 2 aromatic carbocycles. The van der Waals surface area contributed by atoms with E-state index in [1.165, 1.54) is 5.56 Å². The summed E-state index contributed by atoms with van der Waals surface area (Å²) >= 11 is 0. The summed E-state index contributed by atoms with van der Waals surface area (Å²) in [5.74, 6) is 0.604. The second kappa shape index (κ2) is 8.18. The van der Waals surface area contributed by atoms with Gasteiger partial charge in [0, 0.05) is 12.2 Å². The number of nitrogens with one attached hydrogen (secondary N) is 1. The third kappa shape index (κ3) is 4.71. The predicted molar refractivity (Wildman–Crippen MR) is 99.9 cm³/mol. The number of nitrogens with zero attached hydrogens (tertiary/aromatic N) is 1. The molecule has 0 spiro atoms. The van der Waals surface area contributed by atoms with Crippen LogP contribution >= 0.6 is 0 Å². The van der Waals surface area contributed by atoms with Crippen LogP contribution in [0.5, 0.6) is 0 Å². The van der Waals surface area contributed by atoms with Gasteiger partial charge in [0.1, 0.15) is 0 Å². The molecule has 3 N–H and O–H groups in total. The number of rotatable bonds is 6. The molecule has 2 aromatic rings. The van der Waals surface area contributed by atoms with Crippen molar-refractivity contribution in [2.24, 2.45) is 5.73 Å². The van der Waals surface area contributed by atoms with Crippen molar-refractivity contribution in [3.05, 3.63) is 71.8 Å². The van der Waals surface area contributed by atoms with Gasteiger partial charge in [0.25, 0.3) is 0 Å². The van der Waals surface area contributed by atoms with Crippen molar-refractivity contribution in [3.8, 4) is 0 Å². The number of benzene rings is 2. The minimum atomic E-state index is 0.0546. The Kier molecular flexibility index (Phi) is 5.98. The number of nitrogens with two attached hydrogens (primary N) is 1. The molecular weight excluding hydrogens is 282 g/mol. The summed E-state index contributed by atoms with van der Waals surface area (Å²) in [6.45, 7) is 4.99. The van der Waals surface area contributed by atoms with Crippen LogP contribution in [0.2, 0.25) is 0 Å². The zero-order valence-electron chi connectivity index (χ0n) is 13.9. The van der Waals surface area contributed by atoms with E-state index in [2.05, 4.69) is 38.1 Å². The van der Waals surface area contributed by atoms with Crippen LogP contribution in [-0.2, 0) is 0 Å². The van der Waals surface area contributed by atoms with E-state index in [0.717, 1.165) is 17.7 Å².